The summed E-state index contributed by atoms with van der Waals surface area (Å²) in [5.41, 5.74) is 4.43. The maximum atomic E-state index is 12.9. The summed E-state index contributed by atoms with van der Waals surface area (Å²) in [6.07, 6.45) is -2.42. The molecule has 2 aromatic heterocycles. The quantitative estimate of drug-likeness (QED) is 0.0533. The van der Waals surface area contributed by atoms with Crippen molar-refractivity contribution >= 4 is 42.3 Å². The number of fused-ring (bicyclic) bond motifs is 2. The van der Waals surface area contributed by atoms with Crippen LogP contribution in [-0.4, -0.2) is 71.4 Å². The summed E-state index contributed by atoms with van der Waals surface area (Å²) in [5.74, 6) is -1.78. The zero-order valence-electron chi connectivity index (χ0n) is 33.0. The van der Waals surface area contributed by atoms with E-state index in [1.54, 1.807) is 0 Å². The van der Waals surface area contributed by atoms with E-state index < -0.39 is 50.0 Å². The number of methoxy groups -OCH3 is 1. The number of carbonyl (C=O) groups is 1. The van der Waals surface area contributed by atoms with Crippen LogP contribution >= 0.6 is 11.6 Å². The van der Waals surface area contributed by atoms with Crippen molar-refractivity contribution in [2.24, 2.45) is 0 Å². The highest BCUT2D eigenvalue weighted by Crippen LogP contribution is 2.48. The second kappa shape index (κ2) is 15.2. The van der Waals surface area contributed by atoms with Crippen LogP contribution in [0.5, 0.6) is 0 Å². The molecular formula is C43H51ClN4O6Si. The standard InChI is InChI=1S/C43H51ClN4O6Si/c1-26(2)55(27(3)4,28(5)6)41-45-33-36(44)46-37(40(49)50-9)47-38(33)48(41)39-35-34(53-42(7,8)54-35)32(52-39)25-51-43(29-19-13-10-14-20-29,30-21-15-11-16-22-30)31-23-17-12-18-24-31/h10-24,26-28,32,34-35,39H,25H2,1-9H3/t32-,34-,35-,39-/m1/s1. The molecule has 10 nitrogen and oxygen atoms in total. The van der Waals surface area contributed by atoms with E-state index in [0.29, 0.717) is 11.2 Å². The molecule has 0 amide bonds. The molecule has 0 N–H and O–H groups in total. The van der Waals surface area contributed by atoms with Crippen molar-refractivity contribution in [3.8, 4) is 0 Å². The lowest BCUT2D eigenvalue weighted by atomic mass is 9.80. The Balaban J connectivity index is 1.40. The van der Waals surface area contributed by atoms with Crippen molar-refractivity contribution in [1.82, 2.24) is 19.5 Å². The molecule has 5 aromatic rings. The molecule has 2 fully saturated rings. The third kappa shape index (κ3) is 6.62. The normalized spacial score (nSPS) is 21.2. The van der Waals surface area contributed by atoms with Crippen molar-refractivity contribution in [3.05, 3.63) is 119 Å². The minimum absolute atomic E-state index is 0.0706. The van der Waals surface area contributed by atoms with Crippen LogP contribution in [0.3, 0.4) is 0 Å². The van der Waals surface area contributed by atoms with Gasteiger partial charge < -0.3 is 23.7 Å². The van der Waals surface area contributed by atoms with Crippen LogP contribution in [0.25, 0.3) is 11.2 Å². The van der Waals surface area contributed by atoms with Gasteiger partial charge in [0.15, 0.2) is 22.8 Å². The fourth-order valence-corrected chi connectivity index (χ4v) is 16.1. The maximum Gasteiger partial charge on any atom is 0.376 e. The number of halogens is 1. The van der Waals surface area contributed by atoms with E-state index in [1.807, 2.05) is 73.0 Å². The maximum absolute atomic E-state index is 12.9. The first-order valence-corrected chi connectivity index (χ1v) is 21.7. The van der Waals surface area contributed by atoms with Crippen molar-refractivity contribution < 1.29 is 28.5 Å². The molecule has 7 rings (SSSR count). The zero-order valence-corrected chi connectivity index (χ0v) is 34.8. The lowest BCUT2D eigenvalue weighted by Gasteiger charge is -2.43. The summed E-state index contributed by atoms with van der Waals surface area (Å²) in [4.78, 5) is 27.3. The highest BCUT2D eigenvalue weighted by atomic mass is 35.5. The van der Waals surface area contributed by atoms with E-state index in [1.165, 1.54) is 7.11 Å². The van der Waals surface area contributed by atoms with Crippen LogP contribution in [0.1, 0.15) is 88.9 Å². The first-order chi connectivity index (χ1) is 26.3. The van der Waals surface area contributed by atoms with Gasteiger partial charge in [-0.1, -0.05) is 144 Å². The average Bonchev–Trinajstić information content (AvgIpc) is 3.81. The summed E-state index contributed by atoms with van der Waals surface area (Å²) in [6, 6.07) is 30.8. The molecule has 0 aliphatic carbocycles. The topological polar surface area (TPSA) is 107 Å². The lowest BCUT2D eigenvalue weighted by Crippen LogP contribution is -2.60. The van der Waals surface area contributed by atoms with E-state index in [-0.39, 0.29) is 34.2 Å². The molecule has 0 saturated carbocycles. The number of hydrogen-bond acceptors (Lipinski definition) is 9. The summed E-state index contributed by atoms with van der Waals surface area (Å²) < 4.78 is 35.0. The number of benzene rings is 3. The van der Waals surface area contributed by atoms with Gasteiger partial charge >= 0.3 is 5.97 Å². The Morgan fingerprint density at radius 2 is 1.29 bits per heavy atom. The van der Waals surface area contributed by atoms with Gasteiger partial charge in [-0.25, -0.2) is 19.7 Å². The number of ether oxygens (including phenoxy) is 5. The van der Waals surface area contributed by atoms with Crippen LogP contribution in [-0.2, 0) is 29.3 Å². The van der Waals surface area contributed by atoms with E-state index in [2.05, 4.69) is 82.9 Å². The molecule has 4 heterocycles. The van der Waals surface area contributed by atoms with Gasteiger partial charge in [0.1, 0.15) is 37.5 Å². The van der Waals surface area contributed by atoms with Crippen LogP contribution < -0.4 is 5.45 Å². The van der Waals surface area contributed by atoms with Gasteiger partial charge in [-0.05, 0) is 47.2 Å². The van der Waals surface area contributed by atoms with Gasteiger partial charge in [-0.15, -0.1) is 0 Å². The Bertz CT molecular complexity index is 2010. The van der Waals surface area contributed by atoms with Crippen LogP contribution in [0.4, 0.5) is 0 Å². The first-order valence-electron chi connectivity index (χ1n) is 19.1. The Hall–Kier alpha value is -3.97. The van der Waals surface area contributed by atoms with Gasteiger partial charge in [0.2, 0.25) is 5.82 Å². The van der Waals surface area contributed by atoms with Crippen LogP contribution in [0, 0.1) is 0 Å². The largest absolute Gasteiger partial charge is 0.463 e. The van der Waals surface area contributed by atoms with Gasteiger partial charge in [0.05, 0.1) is 19.2 Å². The molecule has 4 atom stereocenters. The summed E-state index contributed by atoms with van der Waals surface area (Å²) in [6.45, 7) is 17.6. The molecular weight excluding hydrogens is 732 g/mol. The number of nitrogens with zero attached hydrogens (tertiary/aromatic N) is 4. The van der Waals surface area contributed by atoms with E-state index in [9.17, 15) is 4.79 Å². The lowest BCUT2D eigenvalue weighted by molar-refractivity contribution is -0.204. The number of carbonyl (C=O) groups excluding carboxylic acids is 1. The summed E-state index contributed by atoms with van der Waals surface area (Å²) >= 11 is 6.87. The SMILES string of the molecule is COC(=O)c1nc(Cl)c2nc([Si](C(C)C)(C(C)C)C(C)C)n([C@@H]3O[C@H](COC(c4ccccc4)(c4ccccc4)c4ccccc4)[C@H]4OC(C)(C)O[C@H]43)c2n1. The van der Waals surface area contributed by atoms with E-state index in [0.717, 1.165) is 22.1 Å². The summed E-state index contributed by atoms with van der Waals surface area (Å²) in [7, 11) is -1.26. The molecule has 0 radical (unpaired) electrons. The molecule has 3 aromatic carbocycles. The van der Waals surface area contributed by atoms with Crippen molar-refractivity contribution in [2.75, 3.05) is 13.7 Å². The number of hydrogen-bond donors (Lipinski definition) is 0. The van der Waals surface area contributed by atoms with Gasteiger partial charge in [-0.2, -0.15) is 0 Å². The molecule has 2 saturated heterocycles. The highest BCUT2D eigenvalue weighted by Gasteiger charge is 2.59. The average molecular weight is 783 g/mol. The zero-order chi connectivity index (χ0) is 39.3. The predicted molar refractivity (Wildman–Crippen MR) is 215 cm³/mol. The minimum atomic E-state index is -2.56. The predicted octanol–water partition coefficient (Wildman–Crippen LogP) is 8.58. The van der Waals surface area contributed by atoms with E-state index >= 15 is 0 Å². The van der Waals surface area contributed by atoms with Crippen LogP contribution in [0.15, 0.2) is 91.0 Å². The summed E-state index contributed by atoms with van der Waals surface area (Å²) in [5, 5.41) is 0.0706. The third-order valence-corrected chi connectivity index (χ3v) is 18.6. The molecule has 0 unspecified atom stereocenters. The highest BCUT2D eigenvalue weighted by molar-refractivity contribution is 6.94. The Labute approximate surface area is 329 Å². The monoisotopic (exact) mass is 782 g/mol. The second-order valence-electron chi connectivity index (χ2n) is 15.9. The number of imidazole rings is 1. The van der Waals surface area contributed by atoms with Crippen molar-refractivity contribution in [2.45, 2.75) is 108 Å². The van der Waals surface area contributed by atoms with E-state index in [4.69, 9.17) is 45.3 Å². The molecule has 0 spiro atoms. The molecule has 2 aliphatic heterocycles. The van der Waals surface area contributed by atoms with Gasteiger partial charge in [0.25, 0.3) is 0 Å². The number of rotatable bonds is 12. The Morgan fingerprint density at radius 3 is 1.76 bits per heavy atom. The Kier molecular flexibility index (Phi) is 10.8. The molecule has 55 heavy (non-hydrogen) atoms. The second-order valence-corrected chi connectivity index (χ2v) is 22.1. The minimum Gasteiger partial charge on any atom is -0.463 e. The Morgan fingerprint density at radius 1 is 0.800 bits per heavy atom. The van der Waals surface area contributed by atoms with Crippen molar-refractivity contribution in [1.29, 1.82) is 0 Å². The third-order valence-electron chi connectivity index (χ3n) is 11.5. The van der Waals surface area contributed by atoms with Crippen LogP contribution in [0.2, 0.25) is 21.8 Å². The van der Waals surface area contributed by atoms with Gasteiger partial charge in [0, 0.05) is 0 Å². The molecule has 290 valence electrons. The fraction of sp³-hybridized carbons (Fsp3) is 0.442. The molecule has 0 bridgehead atoms. The number of esters is 1. The first kappa shape index (κ1) is 39.3. The molecule has 2 aliphatic rings. The smallest absolute Gasteiger partial charge is 0.376 e. The molecule has 12 heteroatoms. The van der Waals surface area contributed by atoms with Gasteiger partial charge in [-0.3, -0.25) is 4.57 Å². The fourth-order valence-electron chi connectivity index (χ4n) is 9.42. The number of aromatic nitrogens is 4. The van der Waals surface area contributed by atoms with Crippen molar-refractivity contribution in [3.63, 3.8) is 0 Å².